The average molecular weight is 388 g/mol. The lowest BCUT2D eigenvalue weighted by molar-refractivity contribution is -0.132. The highest BCUT2D eigenvalue weighted by molar-refractivity contribution is 6.04. The van der Waals surface area contributed by atoms with Crippen molar-refractivity contribution in [3.05, 3.63) is 66.2 Å². The van der Waals surface area contributed by atoms with Gasteiger partial charge in [-0.3, -0.25) is 9.59 Å². The van der Waals surface area contributed by atoms with Gasteiger partial charge in [-0.25, -0.2) is 0 Å². The SMILES string of the molecule is Cc1ccc2c(c1)N(CCC(=O)Nc1cccc3ccccc13)C(=O)C(C)(C)O2. The maximum Gasteiger partial charge on any atom is 0.270 e. The van der Waals surface area contributed by atoms with Gasteiger partial charge in [-0.2, -0.15) is 0 Å². The minimum Gasteiger partial charge on any atom is -0.476 e. The number of anilines is 2. The summed E-state index contributed by atoms with van der Waals surface area (Å²) >= 11 is 0. The summed E-state index contributed by atoms with van der Waals surface area (Å²) in [4.78, 5) is 27.3. The van der Waals surface area contributed by atoms with Crippen molar-refractivity contribution in [1.29, 1.82) is 0 Å². The lowest BCUT2D eigenvalue weighted by Gasteiger charge is -2.38. The zero-order valence-corrected chi connectivity index (χ0v) is 16.9. The molecule has 3 aromatic rings. The van der Waals surface area contributed by atoms with E-state index in [1.807, 2.05) is 67.6 Å². The summed E-state index contributed by atoms with van der Waals surface area (Å²) in [5.41, 5.74) is 1.56. The summed E-state index contributed by atoms with van der Waals surface area (Å²) in [6, 6.07) is 19.5. The quantitative estimate of drug-likeness (QED) is 0.706. The molecule has 0 spiro atoms. The smallest absolute Gasteiger partial charge is 0.270 e. The second kappa shape index (κ2) is 7.24. The Morgan fingerprint density at radius 2 is 1.83 bits per heavy atom. The van der Waals surface area contributed by atoms with E-state index >= 15 is 0 Å². The summed E-state index contributed by atoms with van der Waals surface area (Å²) in [7, 11) is 0. The van der Waals surface area contributed by atoms with Gasteiger partial charge in [-0.1, -0.05) is 42.5 Å². The molecule has 0 aromatic heterocycles. The van der Waals surface area contributed by atoms with Gasteiger partial charge in [0.25, 0.3) is 5.91 Å². The molecule has 0 unspecified atom stereocenters. The molecular weight excluding hydrogens is 364 g/mol. The number of aryl methyl sites for hydroxylation is 1. The van der Waals surface area contributed by atoms with E-state index in [0.29, 0.717) is 18.0 Å². The van der Waals surface area contributed by atoms with Gasteiger partial charge in [0.15, 0.2) is 5.60 Å². The Labute approximate surface area is 170 Å². The first-order valence-electron chi connectivity index (χ1n) is 9.74. The summed E-state index contributed by atoms with van der Waals surface area (Å²) in [5.74, 6) is 0.385. The average Bonchev–Trinajstić information content (AvgIpc) is 2.69. The first-order valence-corrected chi connectivity index (χ1v) is 9.74. The number of nitrogens with one attached hydrogen (secondary N) is 1. The normalized spacial score (nSPS) is 15.0. The highest BCUT2D eigenvalue weighted by Gasteiger charge is 2.40. The molecule has 5 nitrogen and oxygen atoms in total. The Hall–Kier alpha value is -3.34. The third-order valence-electron chi connectivity index (χ3n) is 5.16. The standard InChI is InChI=1S/C24H24N2O3/c1-16-11-12-21-20(15-16)26(23(28)24(2,3)29-21)14-13-22(27)25-19-10-6-8-17-7-4-5-9-18(17)19/h4-12,15H,13-14H2,1-3H3,(H,25,27). The molecule has 0 saturated carbocycles. The molecule has 1 heterocycles. The van der Waals surface area contributed by atoms with Gasteiger partial charge < -0.3 is 15.0 Å². The summed E-state index contributed by atoms with van der Waals surface area (Å²) < 4.78 is 5.88. The number of carbonyl (C=O) groups is 2. The minimum absolute atomic E-state index is 0.132. The van der Waals surface area contributed by atoms with Crippen LogP contribution in [0, 0.1) is 6.92 Å². The van der Waals surface area contributed by atoms with E-state index in [-0.39, 0.29) is 18.2 Å². The predicted octanol–water partition coefficient (Wildman–Crippen LogP) is 4.68. The largest absolute Gasteiger partial charge is 0.476 e. The number of amides is 2. The zero-order chi connectivity index (χ0) is 20.6. The van der Waals surface area contributed by atoms with Gasteiger partial charge in [0.2, 0.25) is 5.91 Å². The van der Waals surface area contributed by atoms with Crippen molar-refractivity contribution in [2.75, 3.05) is 16.8 Å². The maximum atomic E-state index is 12.9. The van der Waals surface area contributed by atoms with Crippen LogP contribution in [-0.2, 0) is 9.59 Å². The van der Waals surface area contributed by atoms with Crippen LogP contribution in [0.3, 0.4) is 0 Å². The van der Waals surface area contributed by atoms with Crippen molar-refractivity contribution in [2.45, 2.75) is 32.8 Å². The van der Waals surface area contributed by atoms with Gasteiger partial charge in [-0.05, 0) is 49.9 Å². The zero-order valence-electron chi connectivity index (χ0n) is 16.9. The molecule has 0 radical (unpaired) electrons. The molecule has 148 valence electrons. The number of nitrogens with zero attached hydrogens (tertiary/aromatic N) is 1. The molecule has 1 aliphatic rings. The van der Waals surface area contributed by atoms with Gasteiger partial charge in [0.05, 0.1) is 5.69 Å². The molecule has 0 fully saturated rings. The summed E-state index contributed by atoms with van der Waals surface area (Å²) in [6.45, 7) is 5.76. The van der Waals surface area contributed by atoms with Crippen LogP contribution in [0.5, 0.6) is 5.75 Å². The van der Waals surface area contributed by atoms with Crippen molar-refractivity contribution in [3.63, 3.8) is 0 Å². The number of fused-ring (bicyclic) bond motifs is 2. The topological polar surface area (TPSA) is 58.6 Å². The van der Waals surface area contributed by atoms with Gasteiger partial charge in [-0.15, -0.1) is 0 Å². The van der Waals surface area contributed by atoms with Crippen LogP contribution in [0.25, 0.3) is 10.8 Å². The van der Waals surface area contributed by atoms with Gasteiger partial charge in [0, 0.05) is 24.0 Å². The Bertz CT molecular complexity index is 1100. The van der Waals surface area contributed by atoms with Gasteiger partial charge >= 0.3 is 0 Å². The fourth-order valence-corrected chi connectivity index (χ4v) is 3.66. The van der Waals surface area contributed by atoms with E-state index in [2.05, 4.69) is 5.32 Å². The van der Waals surface area contributed by atoms with Crippen molar-refractivity contribution in [3.8, 4) is 5.75 Å². The molecule has 0 aliphatic carbocycles. The molecule has 3 aromatic carbocycles. The second-order valence-corrected chi connectivity index (χ2v) is 7.87. The lowest BCUT2D eigenvalue weighted by Crippen LogP contribution is -2.53. The van der Waals surface area contributed by atoms with Crippen LogP contribution in [0.4, 0.5) is 11.4 Å². The monoisotopic (exact) mass is 388 g/mol. The first-order chi connectivity index (χ1) is 13.8. The molecule has 29 heavy (non-hydrogen) atoms. The van der Waals surface area contributed by atoms with Crippen LogP contribution in [0.2, 0.25) is 0 Å². The first kappa shape index (κ1) is 19.0. The number of hydrogen-bond acceptors (Lipinski definition) is 3. The number of ether oxygens (including phenoxy) is 1. The molecule has 2 amide bonds. The summed E-state index contributed by atoms with van der Waals surface area (Å²) in [5, 5.41) is 5.05. The van der Waals surface area contributed by atoms with E-state index in [0.717, 1.165) is 22.0 Å². The summed E-state index contributed by atoms with van der Waals surface area (Å²) in [6.07, 6.45) is 0.193. The highest BCUT2D eigenvalue weighted by atomic mass is 16.5. The van der Waals surface area contributed by atoms with Crippen molar-refractivity contribution >= 4 is 34.0 Å². The maximum absolute atomic E-state index is 12.9. The number of carbonyl (C=O) groups excluding carboxylic acids is 2. The fraction of sp³-hybridized carbons (Fsp3) is 0.250. The molecule has 5 heteroatoms. The predicted molar refractivity (Wildman–Crippen MR) is 115 cm³/mol. The number of hydrogen-bond donors (Lipinski definition) is 1. The van der Waals surface area contributed by atoms with Crippen LogP contribution in [0.15, 0.2) is 60.7 Å². The molecular formula is C24H24N2O3. The fourth-order valence-electron chi connectivity index (χ4n) is 3.66. The van der Waals surface area contributed by atoms with E-state index in [4.69, 9.17) is 4.74 Å². The molecule has 1 aliphatic heterocycles. The van der Waals surface area contributed by atoms with Crippen LogP contribution in [0.1, 0.15) is 25.8 Å². The van der Waals surface area contributed by atoms with Crippen LogP contribution >= 0.6 is 0 Å². The third-order valence-corrected chi connectivity index (χ3v) is 5.16. The Morgan fingerprint density at radius 3 is 2.66 bits per heavy atom. The van der Waals surface area contributed by atoms with E-state index < -0.39 is 5.60 Å². The number of benzene rings is 3. The van der Waals surface area contributed by atoms with Gasteiger partial charge in [0.1, 0.15) is 5.75 Å². The lowest BCUT2D eigenvalue weighted by atomic mass is 10.0. The third kappa shape index (κ3) is 3.68. The van der Waals surface area contributed by atoms with Crippen molar-refractivity contribution < 1.29 is 14.3 Å². The van der Waals surface area contributed by atoms with Crippen LogP contribution in [-0.4, -0.2) is 24.0 Å². The molecule has 0 bridgehead atoms. The Balaban J connectivity index is 1.53. The molecule has 4 rings (SSSR count). The molecule has 0 saturated heterocycles. The van der Waals surface area contributed by atoms with Crippen molar-refractivity contribution in [2.24, 2.45) is 0 Å². The Kier molecular flexibility index (Phi) is 4.74. The molecule has 0 atom stereocenters. The highest BCUT2D eigenvalue weighted by Crippen LogP contribution is 2.38. The second-order valence-electron chi connectivity index (χ2n) is 7.87. The van der Waals surface area contributed by atoms with Crippen molar-refractivity contribution in [1.82, 2.24) is 0 Å². The van der Waals surface area contributed by atoms with E-state index in [9.17, 15) is 9.59 Å². The van der Waals surface area contributed by atoms with E-state index in [1.54, 1.807) is 18.7 Å². The minimum atomic E-state index is -0.964. The molecule has 1 N–H and O–H groups in total. The van der Waals surface area contributed by atoms with E-state index in [1.165, 1.54) is 0 Å². The van der Waals surface area contributed by atoms with Crippen LogP contribution < -0.4 is 15.0 Å². The number of rotatable bonds is 4. The Morgan fingerprint density at radius 1 is 1.07 bits per heavy atom.